The molecule has 0 amide bonds. The lowest BCUT2D eigenvalue weighted by atomic mass is 10.1. The van der Waals surface area contributed by atoms with Gasteiger partial charge in [0.2, 0.25) is 0 Å². The first-order valence-corrected chi connectivity index (χ1v) is 7.71. The summed E-state index contributed by atoms with van der Waals surface area (Å²) in [7, 11) is 4.03. The minimum absolute atomic E-state index is 0. The Morgan fingerprint density at radius 2 is 2.00 bits per heavy atom. The average molecular weight is 411 g/mol. The van der Waals surface area contributed by atoms with Gasteiger partial charge >= 0.3 is 0 Å². The van der Waals surface area contributed by atoms with E-state index in [0.29, 0.717) is 0 Å². The molecule has 124 valence electrons. The first-order valence-electron chi connectivity index (χ1n) is 7.71. The highest BCUT2D eigenvalue weighted by atomic mass is 127. The molecule has 1 unspecified atom stereocenters. The highest BCUT2D eigenvalue weighted by Gasteiger charge is 2.19. The van der Waals surface area contributed by atoms with E-state index < -0.39 is 0 Å². The molecule has 21 heavy (non-hydrogen) atoms. The van der Waals surface area contributed by atoms with E-state index in [9.17, 15) is 0 Å². The van der Waals surface area contributed by atoms with Crippen LogP contribution in [0.4, 0.5) is 0 Å². The van der Waals surface area contributed by atoms with Crippen LogP contribution >= 0.6 is 24.0 Å². The monoisotopic (exact) mass is 411 g/mol. The Morgan fingerprint density at radius 3 is 2.62 bits per heavy atom. The molecule has 2 saturated heterocycles. The van der Waals surface area contributed by atoms with Gasteiger partial charge in [0, 0.05) is 46.3 Å². The van der Waals surface area contributed by atoms with Crippen molar-refractivity contribution in [3.05, 3.63) is 0 Å². The van der Waals surface area contributed by atoms with Gasteiger partial charge < -0.3 is 20.3 Å². The summed E-state index contributed by atoms with van der Waals surface area (Å²) < 4.78 is 5.35. The third-order valence-electron chi connectivity index (χ3n) is 4.09. The largest absolute Gasteiger partial charge is 0.379 e. The van der Waals surface area contributed by atoms with Gasteiger partial charge in [0.15, 0.2) is 5.96 Å². The molecule has 2 fully saturated rings. The smallest absolute Gasteiger partial charge is 0.191 e. The van der Waals surface area contributed by atoms with Crippen molar-refractivity contribution in [2.45, 2.75) is 6.42 Å². The highest BCUT2D eigenvalue weighted by molar-refractivity contribution is 14.0. The topological polar surface area (TPSA) is 52.1 Å². The Balaban J connectivity index is 0.00000220. The van der Waals surface area contributed by atoms with Crippen LogP contribution < -0.4 is 10.6 Å². The maximum Gasteiger partial charge on any atom is 0.191 e. The number of ether oxygens (including phenoxy) is 1. The number of nitrogens with one attached hydrogen (secondary N) is 2. The normalized spacial score (nSPS) is 24.7. The van der Waals surface area contributed by atoms with Gasteiger partial charge in [0.05, 0.1) is 13.2 Å². The van der Waals surface area contributed by atoms with Gasteiger partial charge in [0.1, 0.15) is 0 Å². The number of nitrogens with zero attached hydrogens (tertiary/aromatic N) is 3. The molecule has 2 aliphatic rings. The molecule has 2 rings (SSSR count). The zero-order valence-electron chi connectivity index (χ0n) is 13.3. The number of hydrogen-bond acceptors (Lipinski definition) is 4. The zero-order chi connectivity index (χ0) is 14.2. The van der Waals surface area contributed by atoms with E-state index in [1.54, 1.807) is 0 Å². The minimum Gasteiger partial charge on any atom is -0.379 e. The van der Waals surface area contributed by atoms with E-state index in [-0.39, 0.29) is 24.0 Å². The predicted molar refractivity (Wildman–Crippen MR) is 97.6 cm³/mol. The summed E-state index contributed by atoms with van der Waals surface area (Å²) in [5, 5.41) is 6.83. The van der Waals surface area contributed by atoms with Gasteiger partial charge in [-0.3, -0.25) is 9.89 Å². The van der Waals surface area contributed by atoms with E-state index >= 15 is 0 Å². The fourth-order valence-electron chi connectivity index (χ4n) is 2.81. The second-order valence-corrected chi connectivity index (χ2v) is 5.75. The van der Waals surface area contributed by atoms with Crippen LogP contribution in [0.5, 0.6) is 0 Å². The number of rotatable bonds is 5. The maximum atomic E-state index is 5.35. The molecule has 0 bridgehead atoms. The first-order chi connectivity index (χ1) is 9.78. The summed E-state index contributed by atoms with van der Waals surface area (Å²) in [5.41, 5.74) is 0. The Kier molecular flexibility index (Phi) is 9.54. The van der Waals surface area contributed by atoms with Crippen molar-refractivity contribution in [1.29, 1.82) is 0 Å². The average Bonchev–Trinajstić information content (AvgIpc) is 2.89. The molecule has 6 nitrogen and oxygen atoms in total. The van der Waals surface area contributed by atoms with Crippen LogP contribution in [-0.4, -0.2) is 88.9 Å². The van der Waals surface area contributed by atoms with Crippen LogP contribution in [0.25, 0.3) is 0 Å². The van der Waals surface area contributed by atoms with E-state index in [1.165, 1.54) is 19.5 Å². The maximum absolute atomic E-state index is 5.35. The molecule has 0 aromatic heterocycles. The third-order valence-corrected chi connectivity index (χ3v) is 4.09. The van der Waals surface area contributed by atoms with Crippen LogP contribution in [-0.2, 0) is 4.74 Å². The van der Waals surface area contributed by atoms with Gasteiger partial charge in [0.25, 0.3) is 0 Å². The molecule has 1 atom stereocenters. The van der Waals surface area contributed by atoms with Crippen molar-refractivity contribution in [1.82, 2.24) is 20.4 Å². The van der Waals surface area contributed by atoms with E-state index in [1.807, 2.05) is 7.05 Å². The minimum atomic E-state index is 0. The fraction of sp³-hybridized carbons (Fsp3) is 0.929. The van der Waals surface area contributed by atoms with E-state index in [2.05, 4.69) is 32.5 Å². The molecule has 2 aliphatic heterocycles. The Labute approximate surface area is 145 Å². The second kappa shape index (κ2) is 10.6. The molecular formula is C14H30IN5O. The van der Waals surface area contributed by atoms with Crippen LogP contribution in [0.15, 0.2) is 4.99 Å². The molecule has 0 spiro atoms. The van der Waals surface area contributed by atoms with Crippen molar-refractivity contribution in [2.24, 2.45) is 10.9 Å². The van der Waals surface area contributed by atoms with Crippen molar-refractivity contribution in [3.63, 3.8) is 0 Å². The highest BCUT2D eigenvalue weighted by Crippen LogP contribution is 2.12. The van der Waals surface area contributed by atoms with E-state index in [0.717, 1.165) is 57.8 Å². The Morgan fingerprint density at radius 1 is 1.24 bits per heavy atom. The summed E-state index contributed by atoms with van der Waals surface area (Å²) >= 11 is 0. The van der Waals surface area contributed by atoms with Crippen LogP contribution in [0.3, 0.4) is 0 Å². The number of halogens is 1. The van der Waals surface area contributed by atoms with Crippen LogP contribution in [0.1, 0.15) is 6.42 Å². The van der Waals surface area contributed by atoms with Crippen molar-refractivity contribution in [2.75, 3.05) is 73.1 Å². The van der Waals surface area contributed by atoms with Gasteiger partial charge in [-0.25, -0.2) is 0 Å². The lowest BCUT2D eigenvalue weighted by Crippen LogP contribution is -2.45. The number of hydrogen-bond donors (Lipinski definition) is 2. The fourth-order valence-corrected chi connectivity index (χ4v) is 2.81. The second-order valence-electron chi connectivity index (χ2n) is 5.75. The SMILES string of the molecule is CN=C(NCCN1CCOCC1)NCC1CCN(C)C1.I. The van der Waals surface area contributed by atoms with E-state index in [4.69, 9.17) is 4.74 Å². The van der Waals surface area contributed by atoms with Crippen molar-refractivity contribution < 1.29 is 4.74 Å². The Hall–Kier alpha value is -0.120. The molecule has 0 saturated carbocycles. The molecule has 0 radical (unpaired) electrons. The molecule has 2 N–H and O–H groups in total. The zero-order valence-corrected chi connectivity index (χ0v) is 15.6. The summed E-state index contributed by atoms with van der Waals surface area (Å²) in [6.45, 7) is 9.23. The third kappa shape index (κ3) is 7.12. The van der Waals surface area contributed by atoms with Gasteiger partial charge in [-0.05, 0) is 25.9 Å². The van der Waals surface area contributed by atoms with Crippen LogP contribution in [0.2, 0.25) is 0 Å². The number of guanidine groups is 1. The van der Waals surface area contributed by atoms with Gasteiger partial charge in [-0.1, -0.05) is 0 Å². The predicted octanol–water partition coefficient (Wildman–Crippen LogP) is 0.0533. The summed E-state index contributed by atoms with van der Waals surface area (Å²) in [6, 6.07) is 0. The van der Waals surface area contributed by atoms with Gasteiger partial charge in [-0.15, -0.1) is 24.0 Å². The molecule has 0 aromatic rings. The number of aliphatic imine (C=N–C) groups is 1. The van der Waals surface area contributed by atoms with Crippen LogP contribution in [0, 0.1) is 5.92 Å². The summed E-state index contributed by atoms with van der Waals surface area (Å²) in [4.78, 5) is 9.10. The standard InChI is InChI=1S/C14H29N5O.HI/c1-15-14(17-11-13-3-5-18(2)12-13)16-4-6-19-7-9-20-10-8-19;/h13H,3-12H2,1-2H3,(H2,15,16,17);1H. The molecule has 2 heterocycles. The number of likely N-dealkylation sites (tertiary alicyclic amines) is 1. The van der Waals surface area contributed by atoms with Crippen molar-refractivity contribution >= 4 is 29.9 Å². The molecule has 0 aromatic carbocycles. The lowest BCUT2D eigenvalue weighted by molar-refractivity contribution is 0.0389. The molecular weight excluding hydrogens is 381 g/mol. The van der Waals surface area contributed by atoms with Crippen molar-refractivity contribution in [3.8, 4) is 0 Å². The molecule has 0 aliphatic carbocycles. The number of morpholine rings is 1. The summed E-state index contributed by atoms with van der Waals surface area (Å²) in [5.74, 6) is 1.67. The van der Waals surface area contributed by atoms with Gasteiger partial charge in [-0.2, -0.15) is 0 Å². The Bertz CT molecular complexity index is 310. The lowest BCUT2D eigenvalue weighted by Gasteiger charge is -2.26. The summed E-state index contributed by atoms with van der Waals surface area (Å²) in [6.07, 6.45) is 1.29. The first kappa shape index (κ1) is 18.9. The quantitative estimate of drug-likeness (QED) is 0.381. The molecule has 7 heteroatoms.